The second kappa shape index (κ2) is 7.32. The second-order valence-corrected chi connectivity index (χ2v) is 8.86. The number of hydrogen-bond donors (Lipinski definition) is 1. The van der Waals surface area contributed by atoms with E-state index in [1.807, 2.05) is 0 Å². The van der Waals surface area contributed by atoms with Crippen molar-refractivity contribution in [1.29, 1.82) is 0 Å². The van der Waals surface area contributed by atoms with Gasteiger partial charge in [-0.2, -0.15) is 39.5 Å². The Bertz CT molecular complexity index is 1030. The largest absolute Gasteiger partial charge is 0.427 e. The van der Waals surface area contributed by atoms with E-state index in [-0.39, 0.29) is 0 Å². The highest BCUT2D eigenvalue weighted by atomic mass is 32.3. The first-order valence-corrected chi connectivity index (χ1v) is 9.35. The van der Waals surface area contributed by atoms with Crippen LogP contribution in [0.3, 0.4) is 0 Å². The van der Waals surface area contributed by atoms with E-state index in [1.54, 1.807) is 0 Å². The van der Waals surface area contributed by atoms with Crippen molar-refractivity contribution in [2.24, 2.45) is 0 Å². The van der Waals surface area contributed by atoms with Gasteiger partial charge in [-0.05, 0) is 0 Å². The topological polar surface area (TPSA) is 80.3 Å². The maximum absolute atomic E-state index is 13.5. The summed E-state index contributed by atoms with van der Waals surface area (Å²) in [4.78, 5) is -3.37. The standard InChI is InChI=1S/C10HF14NO4S2/c11-1-2(12)4(14)6(5(15)3(1)13)30(26,27)25-31(28,29)7(8(16,17)18,9(19,20)21)10(22,23)24/h25H. The molecule has 0 saturated heterocycles. The molecule has 0 radical (unpaired) electrons. The molecule has 31 heavy (non-hydrogen) atoms. The van der Waals surface area contributed by atoms with Crippen LogP contribution in [0.5, 0.6) is 0 Å². The number of rotatable bonds is 4. The average molecular weight is 529 g/mol. The van der Waals surface area contributed by atoms with Gasteiger partial charge in [0.15, 0.2) is 28.2 Å². The number of halogens is 14. The van der Waals surface area contributed by atoms with Crippen LogP contribution in [0.25, 0.3) is 0 Å². The van der Waals surface area contributed by atoms with E-state index in [1.165, 1.54) is 0 Å². The minimum atomic E-state index is -8.42. The van der Waals surface area contributed by atoms with E-state index in [2.05, 4.69) is 0 Å². The highest BCUT2D eigenvalue weighted by Gasteiger charge is 2.91. The summed E-state index contributed by atoms with van der Waals surface area (Å²) in [5.41, 5.74) is 0. The van der Waals surface area contributed by atoms with Gasteiger partial charge in [0.1, 0.15) is 0 Å². The van der Waals surface area contributed by atoms with Crippen LogP contribution >= 0.6 is 0 Å². The van der Waals surface area contributed by atoms with Gasteiger partial charge in [0.2, 0.25) is 5.82 Å². The lowest BCUT2D eigenvalue weighted by Crippen LogP contribution is -2.73. The number of hydrogen-bond acceptors (Lipinski definition) is 4. The molecule has 180 valence electrons. The first kappa shape index (κ1) is 27.1. The van der Waals surface area contributed by atoms with Crippen LogP contribution in [-0.4, -0.2) is 40.1 Å². The number of nitrogens with one attached hydrogen (secondary N) is 1. The van der Waals surface area contributed by atoms with Crippen LogP contribution < -0.4 is 4.13 Å². The van der Waals surface area contributed by atoms with E-state index in [0.717, 1.165) is 0 Å². The molecule has 0 aromatic heterocycles. The van der Waals surface area contributed by atoms with Gasteiger partial charge >= 0.3 is 23.3 Å². The Kier molecular flexibility index (Phi) is 6.41. The van der Waals surface area contributed by atoms with Gasteiger partial charge in [0.05, 0.1) is 0 Å². The van der Waals surface area contributed by atoms with Gasteiger partial charge in [-0.15, -0.1) is 4.13 Å². The Morgan fingerprint density at radius 2 is 0.774 bits per heavy atom. The summed E-state index contributed by atoms with van der Waals surface area (Å²) < 4.78 is 219. The lowest BCUT2D eigenvalue weighted by molar-refractivity contribution is -0.347. The van der Waals surface area contributed by atoms with Crippen LogP contribution in [-0.2, 0) is 20.0 Å². The van der Waals surface area contributed by atoms with Crippen molar-refractivity contribution in [1.82, 2.24) is 4.13 Å². The fourth-order valence-electron chi connectivity index (χ4n) is 2.01. The molecule has 0 aliphatic carbocycles. The highest BCUT2D eigenvalue weighted by molar-refractivity contribution is 8.05. The van der Waals surface area contributed by atoms with E-state index >= 15 is 0 Å². The van der Waals surface area contributed by atoms with Crippen LogP contribution in [0.4, 0.5) is 61.5 Å². The van der Waals surface area contributed by atoms with E-state index in [9.17, 15) is 78.3 Å². The zero-order chi connectivity index (χ0) is 25.2. The van der Waals surface area contributed by atoms with E-state index in [0.29, 0.717) is 0 Å². The van der Waals surface area contributed by atoms with Crippen molar-refractivity contribution < 1.29 is 78.3 Å². The van der Waals surface area contributed by atoms with Gasteiger partial charge in [0.25, 0.3) is 20.0 Å². The van der Waals surface area contributed by atoms with Gasteiger partial charge in [-0.1, -0.05) is 0 Å². The molecule has 0 aliphatic rings. The zero-order valence-electron chi connectivity index (χ0n) is 13.2. The van der Waals surface area contributed by atoms with Crippen LogP contribution in [0.15, 0.2) is 4.90 Å². The molecule has 5 nitrogen and oxygen atoms in total. The molecule has 0 aliphatic heterocycles. The molecule has 1 aromatic rings. The molecule has 21 heteroatoms. The Balaban J connectivity index is 4.01. The van der Waals surface area contributed by atoms with Gasteiger partial charge < -0.3 is 0 Å². The highest BCUT2D eigenvalue weighted by Crippen LogP contribution is 2.57. The minimum absolute atomic E-state index is 0.886. The summed E-state index contributed by atoms with van der Waals surface area (Å²) in [5, 5.41) is 0. The second-order valence-electron chi connectivity index (χ2n) is 5.16. The summed E-state index contributed by atoms with van der Waals surface area (Å²) in [6.45, 7) is 0. The monoisotopic (exact) mass is 529 g/mol. The molecule has 1 rings (SSSR count). The molecule has 0 bridgehead atoms. The van der Waals surface area contributed by atoms with Crippen molar-refractivity contribution in [2.45, 2.75) is 28.2 Å². The third-order valence-corrected chi connectivity index (χ3v) is 7.41. The fourth-order valence-corrected chi connectivity index (χ4v) is 5.56. The molecular formula is C10HF14NO4S2. The third kappa shape index (κ3) is 3.90. The lowest BCUT2D eigenvalue weighted by atomic mass is 10.1. The smallest absolute Gasteiger partial charge is 0.210 e. The quantitative estimate of drug-likeness (QED) is 0.369. The van der Waals surface area contributed by atoms with Gasteiger partial charge in [-0.25, -0.2) is 38.8 Å². The Morgan fingerprint density at radius 1 is 0.516 bits per heavy atom. The summed E-state index contributed by atoms with van der Waals surface area (Å²) in [7, 11) is -15.7. The zero-order valence-corrected chi connectivity index (χ0v) is 14.9. The van der Waals surface area contributed by atoms with Gasteiger partial charge in [-0.3, -0.25) is 0 Å². The molecule has 0 unspecified atom stereocenters. The molecule has 1 aromatic carbocycles. The molecular weight excluding hydrogens is 528 g/mol. The van der Waals surface area contributed by atoms with Crippen molar-refractivity contribution in [3.05, 3.63) is 29.1 Å². The molecule has 0 amide bonds. The molecule has 0 atom stereocenters. The van der Waals surface area contributed by atoms with Crippen molar-refractivity contribution in [3.63, 3.8) is 0 Å². The number of benzene rings is 1. The van der Waals surface area contributed by atoms with Crippen molar-refractivity contribution in [2.75, 3.05) is 0 Å². The average Bonchev–Trinajstić information content (AvgIpc) is 2.44. The Labute approximate surface area is 160 Å². The molecule has 1 N–H and O–H groups in total. The van der Waals surface area contributed by atoms with Crippen LogP contribution in [0, 0.1) is 29.1 Å². The molecule has 0 saturated carbocycles. The fraction of sp³-hybridized carbons (Fsp3) is 0.400. The first-order valence-electron chi connectivity index (χ1n) is 6.38. The first-order chi connectivity index (χ1) is 13.4. The van der Waals surface area contributed by atoms with Crippen LogP contribution in [0.1, 0.15) is 0 Å². The Hall–Kier alpha value is -1.90. The molecule has 0 heterocycles. The maximum atomic E-state index is 13.5. The summed E-state index contributed by atoms with van der Waals surface area (Å²) in [6, 6.07) is 0. The number of sulfonamides is 2. The molecule has 0 spiro atoms. The van der Waals surface area contributed by atoms with E-state index < -0.39 is 81.4 Å². The SMILES string of the molecule is O=S(=O)(NS(=O)(=O)C(C(F)(F)F)(C(F)(F)F)C(F)(F)F)c1c(F)c(F)c(F)c(F)c1F. The summed E-state index contributed by atoms with van der Waals surface area (Å²) in [5.74, 6) is -16.5. The Morgan fingerprint density at radius 3 is 1.03 bits per heavy atom. The summed E-state index contributed by atoms with van der Waals surface area (Å²) >= 11 is 0. The predicted molar refractivity (Wildman–Crippen MR) is 66.4 cm³/mol. The van der Waals surface area contributed by atoms with Crippen LogP contribution in [0.2, 0.25) is 0 Å². The lowest BCUT2D eigenvalue weighted by Gasteiger charge is -2.37. The summed E-state index contributed by atoms with van der Waals surface area (Å²) in [6.07, 6.45) is -23.7. The third-order valence-electron chi connectivity index (χ3n) is 3.26. The minimum Gasteiger partial charge on any atom is -0.210 e. The number of alkyl halides is 9. The van der Waals surface area contributed by atoms with E-state index in [4.69, 9.17) is 0 Å². The maximum Gasteiger partial charge on any atom is 0.427 e. The van der Waals surface area contributed by atoms with Gasteiger partial charge in [0, 0.05) is 0 Å². The van der Waals surface area contributed by atoms with Crippen molar-refractivity contribution in [3.8, 4) is 0 Å². The normalized spacial score (nSPS) is 14.8. The van der Waals surface area contributed by atoms with Crippen molar-refractivity contribution >= 4 is 20.0 Å². The molecule has 0 fully saturated rings. The predicted octanol–water partition coefficient (Wildman–Crippen LogP) is 3.42.